The molecule has 3 heterocycles. The summed E-state index contributed by atoms with van der Waals surface area (Å²) in [5.74, 6) is 0.641. The van der Waals surface area contributed by atoms with Gasteiger partial charge in [-0.3, -0.25) is 10.00 Å². The molecule has 8 heteroatoms. The van der Waals surface area contributed by atoms with Crippen LogP contribution in [0.4, 0.5) is 5.69 Å². The fraction of sp³-hybridized carbons (Fsp3) is 0.364. The Bertz CT molecular complexity index is 942. The number of hydrogen-bond acceptors (Lipinski definition) is 5. The summed E-state index contributed by atoms with van der Waals surface area (Å²) in [5, 5.41) is 8.22. The van der Waals surface area contributed by atoms with Crippen molar-refractivity contribution in [3.8, 4) is 17.3 Å². The topological polar surface area (TPSA) is 57.3 Å². The molecule has 0 bridgehead atoms. The highest BCUT2D eigenvalue weighted by atomic mass is 35.5. The minimum Gasteiger partial charge on any atom is -0.478 e. The van der Waals surface area contributed by atoms with Crippen LogP contribution < -0.4 is 9.64 Å². The maximum absolute atomic E-state index is 6.36. The predicted octanol–water partition coefficient (Wildman–Crippen LogP) is 4.76. The number of rotatable bonds is 8. The van der Waals surface area contributed by atoms with Crippen LogP contribution in [-0.2, 0) is 0 Å². The second-order valence-corrected chi connectivity index (χ2v) is 8.06. The molecule has 4 rings (SSSR count). The molecule has 0 amide bonds. The highest BCUT2D eigenvalue weighted by Gasteiger charge is 2.19. The number of unbranched alkanes of at least 4 members (excludes halogenated alkanes) is 1. The number of aromatic nitrogens is 3. The summed E-state index contributed by atoms with van der Waals surface area (Å²) < 4.78 is 5.83. The van der Waals surface area contributed by atoms with Crippen LogP contribution in [0.3, 0.4) is 0 Å². The third kappa shape index (κ3) is 5.25. The van der Waals surface area contributed by atoms with Crippen molar-refractivity contribution in [1.29, 1.82) is 0 Å². The summed E-state index contributed by atoms with van der Waals surface area (Å²) in [7, 11) is 0. The van der Waals surface area contributed by atoms with Crippen molar-refractivity contribution in [1.82, 2.24) is 20.1 Å². The third-order valence-electron chi connectivity index (χ3n) is 5.25. The molecule has 0 unspecified atom stereocenters. The van der Waals surface area contributed by atoms with E-state index < -0.39 is 0 Å². The number of hydrogen-bond donors (Lipinski definition) is 1. The Morgan fingerprint density at radius 1 is 0.933 bits per heavy atom. The Labute approximate surface area is 186 Å². The van der Waals surface area contributed by atoms with E-state index in [-0.39, 0.29) is 0 Å². The lowest BCUT2D eigenvalue weighted by Gasteiger charge is -2.36. The molecular weight excluding hydrogens is 421 g/mol. The molecule has 0 spiro atoms. The Balaban J connectivity index is 1.16. The van der Waals surface area contributed by atoms with Gasteiger partial charge in [-0.1, -0.05) is 35.3 Å². The van der Waals surface area contributed by atoms with Crippen LogP contribution in [0, 0.1) is 0 Å². The molecule has 1 N–H and O–H groups in total. The second-order valence-electron chi connectivity index (χ2n) is 7.28. The first kappa shape index (κ1) is 21.0. The fourth-order valence-electron chi connectivity index (χ4n) is 3.60. The lowest BCUT2D eigenvalue weighted by Crippen LogP contribution is -2.46. The van der Waals surface area contributed by atoms with Gasteiger partial charge >= 0.3 is 0 Å². The maximum atomic E-state index is 6.36. The van der Waals surface area contributed by atoms with E-state index in [0.717, 1.165) is 62.6 Å². The van der Waals surface area contributed by atoms with Crippen LogP contribution >= 0.6 is 23.2 Å². The van der Waals surface area contributed by atoms with Gasteiger partial charge in [0.05, 0.1) is 28.0 Å². The summed E-state index contributed by atoms with van der Waals surface area (Å²) in [6.07, 6.45) is 3.87. The lowest BCUT2D eigenvalue weighted by atomic mass is 10.2. The van der Waals surface area contributed by atoms with E-state index in [0.29, 0.717) is 22.5 Å². The number of halogens is 2. The average Bonchev–Trinajstić information content (AvgIpc) is 3.31. The maximum Gasteiger partial charge on any atom is 0.213 e. The number of ether oxygens (including phenoxy) is 1. The molecule has 1 aliphatic rings. The first-order chi connectivity index (χ1) is 14.7. The number of nitrogens with zero attached hydrogens (tertiary/aromatic N) is 4. The van der Waals surface area contributed by atoms with Gasteiger partial charge in [-0.15, -0.1) is 0 Å². The summed E-state index contributed by atoms with van der Waals surface area (Å²) in [5.41, 5.74) is 2.66. The fourth-order valence-corrected chi connectivity index (χ4v) is 4.02. The number of pyridine rings is 1. The molecule has 0 aliphatic carbocycles. The molecule has 0 atom stereocenters. The average molecular weight is 446 g/mol. The van der Waals surface area contributed by atoms with Crippen molar-refractivity contribution in [3.05, 3.63) is 58.7 Å². The number of H-pyrrole nitrogens is 1. The third-order valence-corrected chi connectivity index (χ3v) is 6.06. The van der Waals surface area contributed by atoms with E-state index in [1.165, 1.54) is 0 Å². The Morgan fingerprint density at radius 2 is 1.77 bits per heavy atom. The molecule has 3 aromatic rings. The molecular formula is C22H25Cl2N5O. The number of aromatic amines is 1. The van der Waals surface area contributed by atoms with Gasteiger partial charge in [0.1, 0.15) is 5.69 Å². The summed E-state index contributed by atoms with van der Waals surface area (Å²) in [6.45, 7) is 5.70. The van der Waals surface area contributed by atoms with E-state index in [4.69, 9.17) is 27.9 Å². The minimum atomic E-state index is 0.612. The van der Waals surface area contributed by atoms with Crippen molar-refractivity contribution in [2.45, 2.75) is 12.8 Å². The van der Waals surface area contributed by atoms with Gasteiger partial charge in [0.2, 0.25) is 5.88 Å². The predicted molar refractivity (Wildman–Crippen MR) is 122 cm³/mol. The monoisotopic (exact) mass is 445 g/mol. The van der Waals surface area contributed by atoms with Gasteiger partial charge in [0.15, 0.2) is 0 Å². The molecule has 2 aromatic heterocycles. The number of nitrogens with one attached hydrogen (secondary N) is 1. The van der Waals surface area contributed by atoms with E-state index in [9.17, 15) is 0 Å². The van der Waals surface area contributed by atoms with Crippen molar-refractivity contribution in [2.75, 3.05) is 44.2 Å². The van der Waals surface area contributed by atoms with Gasteiger partial charge < -0.3 is 9.64 Å². The molecule has 6 nitrogen and oxygen atoms in total. The van der Waals surface area contributed by atoms with Crippen molar-refractivity contribution in [2.24, 2.45) is 0 Å². The molecule has 1 fully saturated rings. The number of piperazine rings is 1. The molecule has 0 radical (unpaired) electrons. The quantitative estimate of drug-likeness (QED) is 0.506. The van der Waals surface area contributed by atoms with Crippen molar-refractivity contribution in [3.63, 3.8) is 0 Å². The first-order valence-electron chi connectivity index (χ1n) is 10.2. The van der Waals surface area contributed by atoms with Gasteiger partial charge in [0.25, 0.3) is 0 Å². The molecule has 1 saturated heterocycles. The zero-order chi connectivity index (χ0) is 20.8. The number of anilines is 1. The van der Waals surface area contributed by atoms with Gasteiger partial charge in [-0.2, -0.15) is 5.10 Å². The highest BCUT2D eigenvalue weighted by molar-refractivity contribution is 6.43. The molecule has 158 valence electrons. The van der Waals surface area contributed by atoms with Crippen molar-refractivity contribution >= 4 is 28.9 Å². The van der Waals surface area contributed by atoms with E-state index in [1.807, 2.05) is 42.5 Å². The summed E-state index contributed by atoms with van der Waals surface area (Å²) >= 11 is 12.5. The molecule has 0 saturated carbocycles. The molecule has 30 heavy (non-hydrogen) atoms. The lowest BCUT2D eigenvalue weighted by molar-refractivity contribution is 0.236. The van der Waals surface area contributed by atoms with Gasteiger partial charge in [-0.05, 0) is 43.7 Å². The van der Waals surface area contributed by atoms with Crippen LogP contribution in [0.5, 0.6) is 5.88 Å². The first-order valence-corrected chi connectivity index (χ1v) is 11.0. The van der Waals surface area contributed by atoms with E-state index in [2.05, 4.69) is 25.0 Å². The summed E-state index contributed by atoms with van der Waals surface area (Å²) in [4.78, 5) is 9.32. The van der Waals surface area contributed by atoms with E-state index in [1.54, 1.807) is 6.20 Å². The SMILES string of the molecule is Clc1cccc(N2CCN(CCCCOc3cccc(-c4cc[nH]n4)n3)CC2)c1Cl. The van der Waals surface area contributed by atoms with Crippen LogP contribution in [0.2, 0.25) is 10.0 Å². The van der Waals surface area contributed by atoms with Crippen LogP contribution in [0.1, 0.15) is 12.8 Å². The molecule has 1 aromatic carbocycles. The Kier molecular flexibility index (Phi) is 7.10. The summed E-state index contributed by atoms with van der Waals surface area (Å²) in [6, 6.07) is 13.5. The standard InChI is InChI=1S/C22H25Cl2N5O/c23-17-5-3-7-20(22(17)24)29-14-12-28(13-15-29)11-1-2-16-30-21-8-4-6-18(26-21)19-9-10-25-27-19/h3-10H,1-2,11-16H2,(H,25,27). The van der Waals surface area contributed by atoms with Gasteiger partial charge in [-0.25, -0.2) is 4.98 Å². The van der Waals surface area contributed by atoms with E-state index >= 15 is 0 Å². The largest absolute Gasteiger partial charge is 0.478 e. The van der Waals surface area contributed by atoms with Gasteiger partial charge in [0, 0.05) is 38.4 Å². The van der Waals surface area contributed by atoms with Crippen LogP contribution in [-0.4, -0.2) is 59.4 Å². The Hall–Kier alpha value is -2.28. The smallest absolute Gasteiger partial charge is 0.213 e. The minimum absolute atomic E-state index is 0.612. The molecule has 1 aliphatic heterocycles. The van der Waals surface area contributed by atoms with Crippen LogP contribution in [0.25, 0.3) is 11.4 Å². The zero-order valence-corrected chi connectivity index (χ0v) is 18.2. The van der Waals surface area contributed by atoms with Crippen LogP contribution in [0.15, 0.2) is 48.7 Å². The second kappa shape index (κ2) is 10.2. The van der Waals surface area contributed by atoms with Crippen molar-refractivity contribution < 1.29 is 4.74 Å². The highest BCUT2D eigenvalue weighted by Crippen LogP contribution is 2.32. The zero-order valence-electron chi connectivity index (χ0n) is 16.7. The normalized spacial score (nSPS) is 14.8. The Morgan fingerprint density at radius 3 is 2.57 bits per heavy atom. The number of benzene rings is 1.